The molecule has 2 aromatic heterocycles. The quantitative estimate of drug-likeness (QED) is 0.607. The first-order valence-electron chi connectivity index (χ1n) is 5.70. The second-order valence-corrected chi connectivity index (χ2v) is 3.93. The first-order chi connectivity index (χ1) is 8.83. The molecule has 0 atom stereocenters. The van der Waals surface area contributed by atoms with Crippen molar-refractivity contribution in [2.24, 2.45) is 0 Å². The molecule has 6 heteroatoms. The molecule has 18 heavy (non-hydrogen) atoms. The molecule has 0 saturated heterocycles. The molecular formula is C12H13N5O. The zero-order chi connectivity index (χ0) is 12.4. The number of oxazole rings is 1. The average Bonchev–Trinajstić information content (AvgIpc) is 2.98. The van der Waals surface area contributed by atoms with E-state index in [1.165, 1.54) is 0 Å². The molecular weight excluding hydrogens is 230 g/mol. The Morgan fingerprint density at radius 2 is 2.33 bits per heavy atom. The molecule has 0 saturated carbocycles. The van der Waals surface area contributed by atoms with Crippen LogP contribution in [0.25, 0.3) is 11.1 Å². The number of anilines is 2. The molecule has 4 N–H and O–H groups in total. The van der Waals surface area contributed by atoms with Crippen LogP contribution in [0.4, 0.5) is 11.7 Å². The van der Waals surface area contributed by atoms with Crippen molar-refractivity contribution in [3.8, 4) is 0 Å². The maximum atomic E-state index is 5.81. The van der Waals surface area contributed by atoms with Crippen molar-refractivity contribution in [3.63, 3.8) is 0 Å². The van der Waals surface area contributed by atoms with Gasteiger partial charge in [-0.2, -0.15) is 4.98 Å². The Hall–Kier alpha value is -2.50. The molecule has 0 aliphatic carbocycles. The predicted octanol–water partition coefficient (Wildman–Crippen LogP) is 1.79. The molecule has 0 amide bonds. The van der Waals surface area contributed by atoms with Gasteiger partial charge in [0.2, 0.25) is 0 Å². The third-order valence-corrected chi connectivity index (χ3v) is 2.64. The van der Waals surface area contributed by atoms with Gasteiger partial charge in [-0.1, -0.05) is 6.07 Å². The molecule has 3 aromatic rings. The minimum absolute atomic E-state index is 0.481. The Bertz CT molecular complexity index is 644. The summed E-state index contributed by atoms with van der Waals surface area (Å²) in [5, 5.41) is 3.11. The van der Waals surface area contributed by atoms with Gasteiger partial charge in [0, 0.05) is 25.4 Å². The number of rotatable bonds is 4. The summed E-state index contributed by atoms with van der Waals surface area (Å²) in [7, 11) is 0. The number of nitrogens with zero attached hydrogens (tertiary/aromatic N) is 2. The predicted molar refractivity (Wildman–Crippen MR) is 69.2 cm³/mol. The van der Waals surface area contributed by atoms with E-state index in [-0.39, 0.29) is 0 Å². The summed E-state index contributed by atoms with van der Waals surface area (Å²) in [6, 6.07) is 5.97. The van der Waals surface area contributed by atoms with Crippen molar-refractivity contribution in [2.75, 3.05) is 17.6 Å². The van der Waals surface area contributed by atoms with E-state index in [9.17, 15) is 0 Å². The topological polar surface area (TPSA) is 92.8 Å². The molecule has 92 valence electrons. The fraction of sp³-hybridized carbons (Fsp3) is 0.167. The van der Waals surface area contributed by atoms with Gasteiger partial charge in [-0.25, -0.2) is 4.98 Å². The lowest BCUT2D eigenvalue weighted by Gasteiger charge is -1.98. The van der Waals surface area contributed by atoms with Crippen molar-refractivity contribution in [2.45, 2.75) is 6.42 Å². The number of aromatic amines is 1. The molecule has 6 nitrogen and oxygen atoms in total. The van der Waals surface area contributed by atoms with Crippen LogP contribution in [0.2, 0.25) is 0 Å². The minimum Gasteiger partial charge on any atom is -0.423 e. The van der Waals surface area contributed by atoms with Gasteiger partial charge in [-0.15, -0.1) is 0 Å². The molecule has 3 rings (SSSR count). The minimum atomic E-state index is 0.481. The van der Waals surface area contributed by atoms with Crippen molar-refractivity contribution < 1.29 is 4.42 Å². The highest BCUT2D eigenvalue weighted by Gasteiger charge is 2.07. The zero-order valence-corrected chi connectivity index (χ0v) is 9.68. The first kappa shape index (κ1) is 10.6. The lowest BCUT2D eigenvalue weighted by atomic mass is 10.3. The zero-order valence-electron chi connectivity index (χ0n) is 9.68. The molecule has 0 aliphatic rings. The molecule has 0 aliphatic heterocycles. The number of nitrogen functional groups attached to an aromatic ring is 1. The van der Waals surface area contributed by atoms with Crippen LogP contribution < -0.4 is 11.1 Å². The highest BCUT2D eigenvalue weighted by atomic mass is 16.4. The lowest BCUT2D eigenvalue weighted by molar-refractivity contribution is 0.614. The summed E-state index contributed by atoms with van der Waals surface area (Å²) >= 11 is 0. The Kier molecular flexibility index (Phi) is 2.60. The van der Waals surface area contributed by atoms with Crippen LogP contribution in [0.15, 0.2) is 35.0 Å². The van der Waals surface area contributed by atoms with Gasteiger partial charge in [0.1, 0.15) is 11.3 Å². The fourth-order valence-electron chi connectivity index (χ4n) is 1.77. The van der Waals surface area contributed by atoms with Crippen LogP contribution in [0.5, 0.6) is 0 Å². The molecule has 0 radical (unpaired) electrons. The molecule has 0 spiro atoms. The van der Waals surface area contributed by atoms with Crippen LogP contribution in [-0.4, -0.2) is 21.5 Å². The summed E-state index contributed by atoms with van der Waals surface area (Å²) in [6.45, 7) is 0.695. The van der Waals surface area contributed by atoms with Crippen molar-refractivity contribution in [3.05, 3.63) is 36.4 Å². The third kappa shape index (κ3) is 2.00. The number of benzene rings is 1. The average molecular weight is 243 g/mol. The number of hydrogen-bond donors (Lipinski definition) is 3. The number of hydrogen-bond acceptors (Lipinski definition) is 5. The van der Waals surface area contributed by atoms with Crippen LogP contribution in [0, 0.1) is 0 Å². The lowest BCUT2D eigenvalue weighted by Crippen LogP contribution is -2.05. The van der Waals surface area contributed by atoms with E-state index in [0.717, 1.165) is 12.2 Å². The van der Waals surface area contributed by atoms with Gasteiger partial charge >= 0.3 is 0 Å². The van der Waals surface area contributed by atoms with Gasteiger partial charge in [0.25, 0.3) is 6.01 Å². The third-order valence-electron chi connectivity index (χ3n) is 2.64. The maximum absolute atomic E-state index is 5.81. The van der Waals surface area contributed by atoms with Gasteiger partial charge < -0.3 is 20.5 Å². The monoisotopic (exact) mass is 243 g/mol. The molecule has 0 fully saturated rings. The summed E-state index contributed by atoms with van der Waals surface area (Å²) in [5.74, 6) is 0.929. The van der Waals surface area contributed by atoms with Crippen LogP contribution in [-0.2, 0) is 6.42 Å². The van der Waals surface area contributed by atoms with Crippen molar-refractivity contribution in [1.29, 1.82) is 0 Å². The fourth-order valence-corrected chi connectivity index (χ4v) is 1.77. The Labute approximate surface area is 103 Å². The summed E-state index contributed by atoms with van der Waals surface area (Å²) in [6.07, 6.45) is 4.31. The Morgan fingerprint density at radius 1 is 1.39 bits per heavy atom. The Morgan fingerprint density at radius 3 is 3.11 bits per heavy atom. The van der Waals surface area contributed by atoms with Gasteiger partial charge in [0.15, 0.2) is 5.58 Å². The standard InChI is InChI=1S/C12H13N5O/c13-8-2-1-3-9-11(8)17-12(18-9)16-5-4-10-14-6-7-15-10/h1-3,6-7H,4-5,13H2,(H,14,15)(H,16,17). The molecule has 0 bridgehead atoms. The van der Waals surface area contributed by atoms with E-state index in [4.69, 9.17) is 10.2 Å². The maximum Gasteiger partial charge on any atom is 0.295 e. The van der Waals surface area contributed by atoms with E-state index in [0.29, 0.717) is 29.3 Å². The van der Waals surface area contributed by atoms with Crippen LogP contribution >= 0.6 is 0 Å². The molecule has 2 heterocycles. The summed E-state index contributed by atoms with van der Waals surface area (Å²) in [5.41, 5.74) is 7.81. The number of H-pyrrole nitrogens is 1. The molecule has 1 aromatic carbocycles. The second-order valence-electron chi connectivity index (χ2n) is 3.93. The summed E-state index contributed by atoms with van der Waals surface area (Å²) in [4.78, 5) is 11.5. The van der Waals surface area contributed by atoms with E-state index in [2.05, 4.69) is 20.3 Å². The van der Waals surface area contributed by atoms with Gasteiger partial charge in [0.05, 0.1) is 5.69 Å². The van der Waals surface area contributed by atoms with E-state index >= 15 is 0 Å². The van der Waals surface area contributed by atoms with E-state index in [1.807, 2.05) is 12.1 Å². The number of aromatic nitrogens is 3. The highest BCUT2D eigenvalue weighted by molar-refractivity contribution is 5.86. The van der Waals surface area contributed by atoms with Gasteiger partial charge in [-0.05, 0) is 12.1 Å². The van der Waals surface area contributed by atoms with Gasteiger partial charge in [-0.3, -0.25) is 0 Å². The van der Waals surface area contributed by atoms with Crippen LogP contribution in [0.3, 0.4) is 0 Å². The van der Waals surface area contributed by atoms with Crippen molar-refractivity contribution >= 4 is 22.8 Å². The number of para-hydroxylation sites is 1. The SMILES string of the molecule is Nc1cccc2oc(NCCc3ncc[nH]3)nc12. The number of nitrogens with one attached hydrogen (secondary N) is 2. The van der Waals surface area contributed by atoms with E-state index < -0.39 is 0 Å². The molecule has 0 unspecified atom stereocenters. The smallest absolute Gasteiger partial charge is 0.295 e. The largest absolute Gasteiger partial charge is 0.423 e. The second kappa shape index (κ2) is 4.40. The number of fused-ring (bicyclic) bond motifs is 1. The normalized spacial score (nSPS) is 10.9. The van der Waals surface area contributed by atoms with Crippen molar-refractivity contribution in [1.82, 2.24) is 15.0 Å². The van der Waals surface area contributed by atoms with Crippen LogP contribution in [0.1, 0.15) is 5.82 Å². The first-order valence-corrected chi connectivity index (χ1v) is 5.70. The van der Waals surface area contributed by atoms with E-state index in [1.54, 1.807) is 18.5 Å². The number of imidazole rings is 1. The highest BCUT2D eigenvalue weighted by Crippen LogP contribution is 2.23. The number of nitrogens with two attached hydrogens (primary N) is 1. The summed E-state index contributed by atoms with van der Waals surface area (Å²) < 4.78 is 5.54. The Balaban J connectivity index is 1.69.